The maximum Gasteiger partial charge on any atom is 0.242 e. The van der Waals surface area contributed by atoms with E-state index in [9.17, 15) is 18.0 Å². The van der Waals surface area contributed by atoms with Crippen molar-refractivity contribution < 1.29 is 18.0 Å². The standard InChI is InChI=1S/C29H33N3O4S/c1-30-29(34)27(20-23-8-4-2-5-9-23)32(21-24-10-6-3-7-11-24)28(33)19-14-22-12-17-26(18-13-22)37(35,36)31-25-15-16-25/h2-13,17-18,25,27,31H,14-16,19-21H2,1H3,(H,30,34)/t27-/m1/s1. The number of nitrogens with one attached hydrogen (secondary N) is 2. The molecule has 1 atom stereocenters. The lowest BCUT2D eigenvalue weighted by molar-refractivity contribution is -0.141. The van der Waals surface area contributed by atoms with Crippen LogP contribution in [0, 0.1) is 0 Å². The van der Waals surface area contributed by atoms with Crippen LogP contribution in [0.5, 0.6) is 0 Å². The third-order valence-corrected chi connectivity index (χ3v) is 8.01. The van der Waals surface area contributed by atoms with Crippen molar-refractivity contribution in [2.75, 3.05) is 7.05 Å². The summed E-state index contributed by atoms with van der Waals surface area (Å²) in [5.74, 6) is -0.355. The Morgan fingerprint density at radius 3 is 2.03 bits per heavy atom. The largest absolute Gasteiger partial charge is 0.357 e. The number of hydrogen-bond acceptors (Lipinski definition) is 4. The third kappa shape index (κ3) is 7.50. The van der Waals surface area contributed by atoms with Gasteiger partial charge in [-0.15, -0.1) is 0 Å². The third-order valence-electron chi connectivity index (χ3n) is 6.47. The zero-order valence-electron chi connectivity index (χ0n) is 21.0. The van der Waals surface area contributed by atoms with Crippen LogP contribution in [0.25, 0.3) is 0 Å². The van der Waals surface area contributed by atoms with E-state index in [1.165, 1.54) is 0 Å². The summed E-state index contributed by atoms with van der Waals surface area (Å²) in [7, 11) is -1.93. The van der Waals surface area contributed by atoms with Gasteiger partial charge in [0, 0.05) is 32.5 Å². The second kappa shape index (κ2) is 12.2. The first-order chi connectivity index (χ1) is 17.9. The number of rotatable bonds is 12. The quantitative estimate of drug-likeness (QED) is 0.383. The highest BCUT2D eigenvalue weighted by atomic mass is 32.2. The molecular formula is C29H33N3O4S. The number of carbonyl (C=O) groups excluding carboxylic acids is 2. The molecule has 1 aliphatic carbocycles. The lowest BCUT2D eigenvalue weighted by Gasteiger charge is -2.31. The molecule has 0 bridgehead atoms. The molecule has 37 heavy (non-hydrogen) atoms. The van der Waals surface area contributed by atoms with Gasteiger partial charge in [-0.25, -0.2) is 13.1 Å². The van der Waals surface area contributed by atoms with Crippen LogP contribution < -0.4 is 10.0 Å². The van der Waals surface area contributed by atoms with Gasteiger partial charge in [-0.2, -0.15) is 0 Å². The molecule has 194 valence electrons. The number of amides is 2. The Balaban J connectivity index is 1.50. The van der Waals surface area contributed by atoms with Crippen LogP contribution in [-0.4, -0.2) is 44.3 Å². The molecule has 1 saturated carbocycles. The van der Waals surface area contributed by atoms with Crippen molar-refractivity contribution in [1.29, 1.82) is 0 Å². The molecular weight excluding hydrogens is 486 g/mol. The minimum absolute atomic E-state index is 0.0436. The minimum atomic E-state index is -3.52. The van der Waals surface area contributed by atoms with Crippen molar-refractivity contribution in [1.82, 2.24) is 14.9 Å². The maximum atomic E-state index is 13.6. The average Bonchev–Trinajstić information content (AvgIpc) is 3.73. The Morgan fingerprint density at radius 2 is 1.46 bits per heavy atom. The first kappa shape index (κ1) is 26.6. The first-order valence-electron chi connectivity index (χ1n) is 12.6. The van der Waals surface area contributed by atoms with Gasteiger partial charge in [0.05, 0.1) is 4.90 Å². The van der Waals surface area contributed by atoms with E-state index in [1.54, 1.807) is 36.2 Å². The molecule has 3 aromatic carbocycles. The van der Waals surface area contributed by atoms with E-state index in [2.05, 4.69) is 10.0 Å². The smallest absolute Gasteiger partial charge is 0.242 e. The fraction of sp³-hybridized carbons (Fsp3) is 0.310. The van der Waals surface area contributed by atoms with E-state index in [0.29, 0.717) is 19.4 Å². The van der Waals surface area contributed by atoms with Gasteiger partial charge < -0.3 is 10.2 Å². The van der Waals surface area contributed by atoms with Crippen molar-refractivity contribution in [3.05, 3.63) is 102 Å². The van der Waals surface area contributed by atoms with Crippen molar-refractivity contribution >= 4 is 21.8 Å². The Bertz CT molecular complexity index is 1290. The van der Waals surface area contributed by atoms with Gasteiger partial charge in [-0.3, -0.25) is 9.59 Å². The number of hydrogen-bond donors (Lipinski definition) is 2. The Hall–Kier alpha value is -3.49. The predicted molar refractivity (Wildman–Crippen MR) is 143 cm³/mol. The van der Waals surface area contributed by atoms with Gasteiger partial charge in [-0.05, 0) is 48.1 Å². The van der Waals surface area contributed by atoms with Gasteiger partial charge in [0.1, 0.15) is 6.04 Å². The summed E-state index contributed by atoms with van der Waals surface area (Å²) in [4.78, 5) is 28.4. The molecule has 4 rings (SSSR count). The highest BCUT2D eigenvalue weighted by Crippen LogP contribution is 2.23. The molecule has 1 fully saturated rings. The summed E-state index contributed by atoms with van der Waals surface area (Å²) < 4.78 is 27.5. The summed E-state index contributed by atoms with van der Waals surface area (Å²) in [5, 5.41) is 2.72. The lowest BCUT2D eigenvalue weighted by atomic mass is 10.0. The Kier molecular flexibility index (Phi) is 8.74. The Morgan fingerprint density at radius 1 is 0.865 bits per heavy atom. The van der Waals surface area contributed by atoms with Gasteiger partial charge in [0.25, 0.3) is 0 Å². The van der Waals surface area contributed by atoms with Gasteiger partial charge in [0.15, 0.2) is 0 Å². The maximum absolute atomic E-state index is 13.6. The molecule has 0 heterocycles. The second-order valence-electron chi connectivity index (χ2n) is 9.37. The van der Waals surface area contributed by atoms with Crippen LogP contribution in [0.15, 0.2) is 89.8 Å². The van der Waals surface area contributed by atoms with Crippen molar-refractivity contribution in [2.45, 2.75) is 55.6 Å². The van der Waals surface area contributed by atoms with Crippen LogP contribution in [0.3, 0.4) is 0 Å². The number of likely N-dealkylation sites (N-methyl/N-ethyl adjacent to an activating group) is 1. The fourth-order valence-corrected chi connectivity index (χ4v) is 5.52. The molecule has 3 aromatic rings. The van der Waals surface area contributed by atoms with Crippen LogP contribution in [0.2, 0.25) is 0 Å². The number of benzene rings is 3. The minimum Gasteiger partial charge on any atom is -0.357 e. The van der Waals surface area contributed by atoms with Gasteiger partial charge in [0.2, 0.25) is 21.8 Å². The molecule has 1 aliphatic rings. The molecule has 0 saturated heterocycles. The summed E-state index contributed by atoms with van der Waals surface area (Å²) >= 11 is 0. The number of nitrogens with zero attached hydrogens (tertiary/aromatic N) is 1. The fourth-order valence-electron chi connectivity index (χ4n) is 4.22. The van der Waals surface area contributed by atoms with Crippen LogP contribution in [0.4, 0.5) is 0 Å². The SMILES string of the molecule is CNC(=O)[C@@H](Cc1ccccc1)N(Cc1ccccc1)C(=O)CCc1ccc(S(=O)(=O)NC2CC2)cc1. The van der Waals surface area contributed by atoms with E-state index in [1.807, 2.05) is 60.7 Å². The summed E-state index contributed by atoms with van der Waals surface area (Å²) in [6.45, 7) is 0.314. The van der Waals surface area contributed by atoms with E-state index < -0.39 is 16.1 Å². The highest BCUT2D eigenvalue weighted by Gasteiger charge is 2.30. The molecule has 7 nitrogen and oxygen atoms in total. The molecule has 2 amide bonds. The normalized spacial score (nSPS) is 14.1. The molecule has 0 spiro atoms. The van der Waals surface area contributed by atoms with Crippen molar-refractivity contribution in [3.8, 4) is 0 Å². The first-order valence-corrected chi connectivity index (χ1v) is 14.0. The average molecular weight is 520 g/mol. The molecule has 0 unspecified atom stereocenters. The van der Waals surface area contributed by atoms with E-state index >= 15 is 0 Å². The summed E-state index contributed by atoms with van der Waals surface area (Å²) in [5.41, 5.74) is 2.77. The highest BCUT2D eigenvalue weighted by molar-refractivity contribution is 7.89. The monoisotopic (exact) mass is 519 g/mol. The zero-order chi connectivity index (χ0) is 26.3. The molecule has 2 N–H and O–H groups in total. The zero-order valence-corrected chi connectivity index (χ0v) is 21.8. The number of aryl methyl sites for hydroxylation is 1. The number of carbonyl (C=O) groups is 2. The lowest BCUT2D eigenvalue weighted by Crippen LogP contribution is -2.49. The molecule has 8 heteroatoms. The van der Waals surface area contributed by atoms with Crippen LogP contribution in [-0.2, 0) is 39.0 Å². The van der Waals surface area contributed by atoms with Gasteiger partial charge in [-0.1, -0.05) is 72.8 Å². The second-order valence-corrected chi connectivity index (χ2v) is 11.1. The predicted octanol–water partition coefficient (Wildman–Crippen LogP) is 3.45. The summed E-state index contributed by atoms with van der Waals surface area (Å²) in [6.07, 6.45) is 2.79. The van der Waals surface area contributed by atoms with Crippen LogP contribution >= 0.6 is 0 Å². The van der Waals surface area contributed by atoms with Gasteiger partial charge >= 0.3 is 0 Å². The number of sulfonamides is 1. The van der Waals surface area contributed by atoms with E-state index in [0.717, 1.165) is 29.5 Å². The van der Waals surface area contributed by atoms with E-state index in [4.69, 9.17) is 0 Å². The molecule has 0 radical (unpaired) electrons. The topological polar surface area (TPSA) is 95.6 Å². The van der Waals surface area contributed by atoms with Crippen molar-refractivity contribution in [2.24, 2.45) is 0 Å². The molecule has 0 aromatic heterocycles. The van der Waals surface area contributed by atoms with Crippen LogP contribution in [0.1, 0.15) is 36.0 Å². The van der Waals surface area contributed by atoms with Crippen molar-refractivity contribution in [3.63, 3.8) is 0 Å². The molecule has 0 aliphatic heterocycles. The summed E-state index contributed by atoms with van der Waals surface area (Å²) in [6, 6.07) is 25.3. The Labute approximate surface area is 218 Å². The van der Waals surface area contributed by atoms with E-state index in [-0.39, 0.29) is 29.2 Å².